The molecule has 1 unspecified atom stereocenters. The number of hydrogen-bond acceptors (Lipinski definition) is 1. The molecule has 100 valence electrons. The molecule has 20 heavy (non-hydrogen) atoms. The molecule has 0 aliphatic heterocycles. The van der Waals surface area contributed by atoms with Crippen molar-refractivity contribution < 1.29 is 4.79 Å². The number of nitrogens with one attached hydrogen (secondary N) is 1. The van der Waals surface area contributed by atoms with Crippen LogP contribution >= 0.6 is 0 Å². The highest BCUT2D eigenvalue weighted by Crippen LogP contribution is 2.26. The number of hydrogen-bond donors (Lipinski definition) is 1. The number of para-hydroxylation sites is 1. The summed E-state index contributed by atoms with van der Waals surface area (Å²) in [7, 11) is 0. The summed E-state index contributed by atoms with van der Waals surface area (Å²) >= 11 is 0. The molecule has 3 aromatic rings. The summed E-state index contributed by atoms with van der Waals surface area (Å²) in [6.07, 6.45) is 0. The predicted molar refractivity (Wildman–Crippen MR) is 82.3 cm³/mol. The molecule has 1 aromatic heterocycles. The van der Waals surface area contributed by atoms with E-state index in [1.54, 1.807) is 6.92 Å². The van der Waals surface area contributed by atoms with Crippen LogP contribution in [0.5, 0.6) is 0 Å². The molecule has 0 spiro atoms. The van der Waals surface area contributed by atoms with E-state index >= 15 is 0 Å². The standard InChI is InChI=1S/C18H17NO/c1-12(14-7-9-15(10-8-14)13(2)20)18-11-16-5-3-4-6-17(16)19-18/h3-12,19H,1-2H3. The lowest BCUT2D eigenvalue weighted by Crippen LogP contribution is -1.98. The van der Waals surface area contributed by atoms with Crippen LogP contribution in [0, 0.1) is 0 Å². The molecule has 0 aliphatic rings. The van der Waals surface area contributed by atoms with Crippen LogP contribution in [0.4, 0.5) is 0 Å². The lowest BCUT2D eigenvalue weighted by molar-refractivity contribution is 0.101. The average molecular weight is 263 g/mol. The van der Waals surface area contributed by atoms with Gasteiger partial charge >= 0.3 is 0 Å². The zero-order chi connectivity index (χ0) is 14.1. The van der Waals surface area contributed by atoms with E-state index < -0.39 is 0 Å². The number of rotatable bonds is 3. The van der Waals surface area contributed by atoms with E-state index in [-0.39, 0.29) is 11.7 Å². The minimum atomic E-state index is 0.106. The van der Waals surface area contributed by atoms with E-state index in [0.29, 0.717) is 0 Å². The van der Waals surface area contributed by atoms with Crippen LogP contribution in [0.25, 0.3) is 10.9 Å². The van der Waals surface area contributed by atoms with E-state index in [4.69, 9.17) is 0 Å². The van der Waals surface area contributed by atoms with Gasteiger partial charge in [0.25, 0.3) is 0 Å². The second-order valence-corrected chi connectivity index (χ2v) is 5.21. The monoisotopic (exact) mass is 263 g/mol. The van der Waals surface area contributed by atoms with Crippen LogP contribution in [0.15, 0.2) is 54.6 Å². The molecule has 2 aromatic carbocycles. The van der Waals surface area contributed by atoms with E-state index in [0.717, 1.165) is 11.1 Å². The quantitative estimate of drug-likeness (QED) is 0.692. The van der Waals surface area contributed by atoms with Crippen molar-refractivity contribution in [3.8, 4) is 0 Å². The summed E-state index contributed by atoms with van der Waals surface area (Å²) in [6, 6.07) is 18.3. The molecule has 0 fully saturated rings. The summed E-state index contributed by atoms with van der Waals surface area (Å²) in [5, 5.41) is 1.23. The third-order valence-corrected chi connectivity index (χ3v) is 3.83. The second-order valence-electron chi connectivity index (χ2n) is 5.21. The molecule has 2 heteroatoms. The fraction of sp³-hybridized carbons (Fsp3) is 0.167. The van der Waals surface area contributed by atoms with Crippen LogP contribution < -0.4 is 0 Å². The van der Waals surface area contributed by atoms with Gasteiger partial charge in [-0.05, 0) is 30.0 Å². The predicted octanol–water partition coefficient (Wildman–Crippen LogP) is 4.52. The number of Topliss-reactive ketones (excluding diaryl/α,β-unsaturated/α-hetero) is 1. The number of H-pyrrole nitrogens is 1. The Labute approximate surface area is 118 Å². The minimum Gasteiger partial charge on any atom is -0.358 e. The maximum absolute atomic E-state index is 11.3. The first-order valence-corrected chi connectivity index (χ1v) is 6.83. The molecule has 0 radical (unpaired) electrons. The number of aromatic amines is 1. The Bertz CT molecular complexity index is 719. The molecular weight excluding hydrogens is 246 g/mol. The van der Waals surface area contributed by atoms with E-state index in [2.05, 4.69) is 30.1 Å². The SMILES string of the molecule is CC(=O)c1ccc(C(C)c2cc3ccccc3[nH]2)cc1. The van der Waals surface area contributed by atoms with Crippen molar-refractivity contribution >= 4 is 16.7 Å². The fourth-order valence-corrected chi connectivity index (χ4v) is 2.52. The van der Waals surface area contributed by atoms with Gasteiger partial charge in [0, 0.05) is 22.7 Å². The molecule has 0 saturated carbocycles. The number of benzene rings is 2. The van der Waals surface area contributed by atoms with Gasteiger partial charge in [-0.25, -0.2) is 0 Å². The van der Waals surface area contributed by atoms with Crippen molar-refractivity contribution in [2.45, 2.75) is 19.8 Å². The number of ketones is 1. The third-order valence-electron chi connectivity index (χ3n) is 3.83. The van der Waals surface area contributed by atoms with E-state index in [9.17, 15) is 4.79 Å². The summed E-state index contributed by atoms with van der Waals surface area (Å²) in [6.45, 7) is 3.77. The molecule has 0 aliphatic carbocycles. The number of aromatic nitrogens is 1. The van der Waals surface area contributed by atoms with Gasteiger partial charge in [0.1, 0.15) is 0 Å². The molecule has 0 amide bonds. The Balaban J connectivity index is 1.94. The fourth-order valence-electron chi connectivity index (χ4n) is 2.52. The lowest BCUT2D eigenvalue weighted by atomic mass is 9.96. The third kappa shape index (κ3) is 2.25. The molecule has 0 saturated heterocycles. The van der Waals surface area contributed by atoms with Gasteiger partial charge in [-0.1, -0.05) is 49.4 Å². The molecule has 1 N–H and O–H groups in total. The van der Waals surface area contributed by atoms with Crippen molar-refractivity contribution in [3.05, 3.63) is 71.4 Å². The summed E-state index contributed by atoms with van der Waals surface area (Å²) in [4.78, 5) is 14.8. The minimum absolute atomic E-state index is 0.106. The van der Waals surface area contributed by atoms with E-state index in [1.807, 2.05) is 36.4 Å². The van der Waals surface area contributed by atoms with Crippen LogP contribution in [0.2, 0.25) is 0 Å². The van der Waals surface area contributed by atoms with Gasteiger partial charge in [-0.3, -0.25) is 4.79 Å². The molecule has 3 rings (SSSR count). The molecular formula is C18H17NO. The van der Waals surface area contributed by atoms with Crippen molar-refractivity contribution in [3.63, 3.8) is 0 Å². The van der Waals surface area contributed by atoms with Crippen molar-refractivity contribution in [2.24, 2.45) is 0 Å². The van der Waals surface area contributed by atoms with Gasteiger partial charge in [-0.15, -0.1) is 0 Å². The maximum atomic E-state index is 11.3. The zero-order valence-corrected chi connectivity index (χ0v) is 11.7. The number of carbonyl (C=O) groups excluding carboxylic acids is 1. The smallest absolute Gasteiger partial charge is 0.159 e. The van der Waals surface area contributed by atoms with Crippen LogP contribution in [-0.2, 0) is 0 Å². The highest BCUT2D eigenvalue weighted by Gasteiger charge is 2.11. The zero-order valence-electron chi connectivity index (χ0n) is 11.7. The first kappa shape index (κ1) is 12.7. The van der Waals surface area contributed by atoms with Gasteiger partial charge in [0.2, 0.25) is 0 Å². The van der Waals surface area contributed by atoms with Gasteiger partial charge < -0.3 is 4.98 Å². The summed E-state index contributed by atoms with van der Waals surface area (Å²) in [5.41, 5.74) is 4.33. The van der Waals surface area contributed by atoms with Crippen LogP contribution in [0.3, 0.4) is 0 Å². The first-order valence-electron chi connectivity index (χ1n) is 6.83. The molecule has 2 nitrogen and oxygen atoms in total. The van der Waals surface area contributed by atoms with Crippen molar-refractivity contribution in [2.75, 3.05) is 0 Å². The highest BCUT2D eigenvalue weighted by molar-refractivity contribution is 5.94. The Morgan fingerprint density at radius 2 is 1.75 bits per heavy atom. The number of fused-ring (bicyclic) bond motifs is 1. The molecule has 1 atom stereocenters. The lowest BCUT2D eigenvalue weighted by Gasteiger charge is -2.10. The van der Waals surface area contributed by atoms with Crippen LogP contribution in [0.1, 0.15) is 41.4 Å². The van der Waals surface area contributed by atoms with Gasteiger partial charge in [0.15, 0.2) is 5.78 Å². The Kier molecular flexibility index (Phi) is 3.15. The molecule has 1 heterocycles. The summed E-state index contributed by atoms with van der Waals surface area (Å²) < 4.78 is 0. The number of carbonyl (C=O) groups is 1. The van der Waals surface area contributed by atoms with Crippen molar-refractivity contribution in [1.82, 2.24) is 4.98 Å². The van der Waals surface area contributed by atoms with Crippen LogP contribution in [-0.4, -0.2) is 10.8 Å². The second kappa shape index (κ2) is 4.97. The largest absolute Gasteiger partial charge is 0.358 e. The Hall–Kier alpha value is -2.35. The van der Waals surface area contributed by atoms with E-state index in [1.165, 1.54) is 16.6 Å². The maximum Gasteiger partial charge on any atom is 0.159 e. The van der Waals surface area contributed by atoms with Gasteiger partial charge in [-0.2, -0.15) is 0 Å². The van der Waals surface area contributed by atoms with Crippen molar-refractivity contribution in [1.29, 1.82) is 0 Å². The Morgan fingerprint density at radius 1 is 1.05 bits per heavy atom. The normalized spacial score (nSPS) is 12.5. The summed E-state index contributed by atoms with van der Waals surface area (Å²) in [5.74, 6) is 0.387. The molecule has 0 bridgehead atoms. The first-order chi connectivity index (χ1) is 9.65. The highest BCUT2D eigenvalue weighted by atomic mass is 16.1. The topological polar surface area (TPSA) is 32.9 Å². The Morgan fingerprint density at radius 3 is 2.40 bits per heavy atom. The average Bonchev–Trinajstić information content (AvgIpc) is 2.90. The van der Waals surface area contributed by atoms with Gasteiger partial charge in [0.05, 0.1) is 0 Å².